The van der Waals surface area contributed by atoms with E-state index in [4.69, 9.17) is 16.3 Å². The van der Waals surface area contributed by atoms with Gasteiger partial charge in [0.1, 0.15) is 22.0 Å². The molecular weight excluding hydrogens is 506 g/mol. The van der Waals surface area contributed by atoms with Crippen molar-refractivity contribution >= 4 is 55.5 Å². The molecule has 3 N–H and O–H groups in total. The quantitative estimate of drug-likeness (QED) is 0.196. The van der Waals surface area contributed by atoms with Gasteiger partial charge in [-0.05, 0) is 42.1 Å². The summed E-state index contributed by atoms with van der Waals surface area (Å²) in [5.41, 5.74) is 0.474. The number of aryl methyl sites for hydroxylation is 1. The number of phenolic OH excluding ortho intramolecular Hbond substituents is 1. The number of phenols is 1. The van der Waals surface area contributed by atoms with Crippen LogP contribution >= 0.6 is 11.6 Å². The number of fused-ring (bicyclic) bond motifs is 1. The summed E-state index contributed by atoms with van der Waals surface area (Å²) in [4.78, 5) is 12.5. The number of ether oxygens (including phenoxy) is 1. The molecule has 0 bridgehead atoms. The van der Waals surface area contributed by atoms with Crippen LogP contribution in [0.15, 0.2) is 81.9 Å². The number of hydrogen-bond acceptors (Lipinski definition) is 7. The first-order chi connectivity index (χ1) is 17.1. The number of halogens is 1. The van der Waals surface area contributed by atoms with E-state index in [9.17, 15) is 22.9 Å². The topological polar surface area (TPSA) is 138 Å². The van der Waals surface area contributed by atoms with Crippen molar-refractivity contribution in [2.45, 2.75) is 11.8 Å². The summed E-state index contributed by atoms with van der Waals surface area (Å²) in [6.45, 7) is 1.56. The van der Waals surface area contributed by atoms with Crippen LogP contribution < -0.4 is 10.1 Å². The number of methoxy groups -OCH3 is 1. The molecule has 0 saturated carbocycles. The van der Waals surface area contributed by atoms with Crippen LogP contribution in [0.2, 0.25) is 5.02 Å². The third kappa shape index (κ3) is 5.01. The maximum Gasteiger partial charge on any atom is 0.298 e. The Kier molecular flexibility index (Phi) is 6.93. The first-order valence-electron chi connectivity index (χ1n) is 10.5. The highest BCUT2D eigenvalue weighted by Crippen LogP contribution is 2.41. The standard InChI is InChI=1S/C25H20ClN3O6S/c1-14-10-11-20(26)24(36(32,33)34)21(14)28-29-22-18-9-4-3-6-15(18)12-19(23(22)30)25(31)27-16-7-5-8-17(13-16)35-2/h3-13,30H,1-2H3,(H,27,31)(H,32,33,34). The second kappa shape index (κ2) is 9.94. The summed E-state index contributed by atoms with van der Waals surface area (Å²) < 4.78 is 38.7. The zero-order valence-electron chi connectivity index (χ0n) is 19.1. The highest BCUT2D eigenvalue weighted by molar-refractivity contribution is 7.86. The summed E-state index contributed by atoms with van der Waals surface area (Å²) in [6, 6.07) is 17.9. The molecule has 0 saturated heterocycles. The number of azo groups is 1. The number of nitrogens with one attached hydrogen (secondary N) is 1. The van der Waals surface area contributed by atoms with E-state index >= 15 is 0 Å². The van der Waals surface area contributed by atoms with E-state index in [1.165, 1.54) is 25.3 Å². The molecule has 9 nitrogen and oxygen atoms in total. The van der Waals surface area contributed by atoms with Gasteiger partial charge in [0.25, 0.3) is 16.0 Å². The second-order valence-electron chi connectivity index (χ2n) is 7.75. The normalized spacial score (nSPS) is 11.7. The molecule has 0 atom stereocenters. The summed E-state index contributed by atoms with van der Waals surface area (Å²) >= 11 is 6.01. The van der Waals surface area contributed by atoms with Crippen LogP contribution in [0.1, 0.15) is 15.9 Å². The number of benzene rings is 4. The SMILES string of the molecule is COc1cccc(NC(=O)c2cc3ccccc3c(N=Nc3c(C)ccc(Cl)c3S(=O)(=O)O)c2O)c1. The molecule has 4 aromatic rings. The van der Waals surface area contributed by atoms with E-state index in [0.29, 0.717) is 27.8 Å². The van der Waals surface area contributed by atoms with Crippen LogP contribution in [-0.2, 0) is 10.1 Å². The van der Waals surface area contributed by atoms with Crippen molar-refractivity contribution in [2.24, 2.45) is 10.2 Å². The van der Waals surface area contributed by atoms with Crippen molar-refractivity contribution in [3.63, 3.8) is 0 Å². The fraction of sp³-hybridized carbons (Fsp3) is 0.0800. The summed E-state index contributed by atoms with van der Waals surface area (Å²) in [7, 11) is -3.23. The fourth-order valence-electron chi connectivity index (χ4n) is 3.61. The number of anilines is 1. The average molecular weight is 526 g/mol. The lowest BCUT2D eigenvalue weighted by Crippen LogP contribution is -2.12. The predicted molar refractivity (Wildman–Crippen MR) is 137 cm³/mol. The molecule has 0 aliphatic carbocycles. The summed E-state index contributed by atoms with van der Waals surface area (Å²) in [5, 5.41) is 22.7. The molecule has 1 amide bonds. The Bertz CT molecular complexity index is 1640. The third-order valence-electron chi connectivity index (χ3n) is 5.36. The molecule has 0 heterocycles. The minimum absolute atomic E-state index is 0.0652. The van der Waals surface area contributed by atoms with Gasteiger partial charge in [0.2, 0.25) is 0 Å². The van der Waals surface area contributed by atoms with Gasteiger partial charge in [-0.3, -0.25) is 9.35 Å². The Morgan fingerprint density at radius 3 is 2.44 bits per heavy atom. The van der Waals surface area contributed by atoms with Gasteiger partial charge in [-0.15, -0.1) is 10.2 Å². The van der Waals surface area contributed by atoms with Gasteiger partial charge in [0.05, 0.1) is 17.7 Å². The van der Waals surface area contributed by atoms with E-state index in [1.54, 1.807) is 55.5 Å². The Morgan fingerprint density at radius 1 is 1.00 bits per heavy atom. The lowest BCUT2D eigenvalue weighted by Gasteiger charge is -2.12. The van der Waals surface area contributed by atoms with Crippen molar-refractivity contribution in [1.82, 2.24) is 0 Å². The Labute approximate surface area is 211 Å². The molecule has 11 heteroatoms. The maximum absolute atomic E-state index is 13.1. The fourth-order valence-corrected chi connectivity index (χ4v) is 4.81. The molecule has 36 heavy (non-hydrogen) atoms. The molecular formula is C25H20ClN3O6S. The number of rotatable bonds is 6. The molecule has 0 aliphatic rings. The molecule has 0 fully saturated rings. The van der Waals surface area contributed by atoms with Gasteiger partial charge in [-0.2, -0.15) is 8.42 Å². The maximum atomic E-state index is 13.1. The van der Waals surface area contributed by atoms with Gasteiger partial charge in [0.15, 0.2) is 5.75 Å². The van der Waals surface area contributed by atoms with E-state index in [-0.39, 0.29) is 22.0 Å². The Morgan fingerprint density at radius 2 is 1.72 bits per heavy atom. The number of aromatic hydroxyl groups is 1. The van der Waals surface area contributed by atoms with Crippen LogP contribution in [0, 0.1) is 6.92 Å². The monoisotopic (exact) mass is 525 g/mol. The summed E-state index contributed by atoms with van der Waals surface area (Å²) in [6.07, 6.45) is 0. The molecule has 0 aromatic heterocycles. The van der Waals surface area contributed by atoms with Crippen LogP contribution in [-0.4, -0.2) is 31.1 Å². The third-order valence-corrected chi connectivity index (χ3v) is 6.72. The molecule has 4 aromatic carbocycles. The minimum Gasteiger partial charge on any atom is -0.505 e. The number of amides is 1. The largest absolute Gasteiger partial charge is 0.505 e. The molecule has 4 rings (SSSR count). The van der Waals surface area contributed by atoms with Gasteiger partial charge < -0.3 is 15.2 Å². The van der Waals surface area contributed by atoms with E-state index in [2.05, 4.69) is 15.5 Å². The number of hydrogen-bond donors (Lipinski definition) is 3. The minimum atomic E-state index is -4.73. The van der Waals surface area contributed by atoms with Gasteiger partial charge in [-0.1, -0.05) is 48.0 Å². The number of carbonyl (C=O) groups is 1. The molecule has 0 radical (unpaired) electrons. The highest BCUT2D eigenvalue weighted by Gasteiger charge is 2.23. The zero-order chi connectivity index (χ0) is 26.0. The van der Waals surface area contributed by atoms with Crippen molar-refractivity contribution in [3.05, 3.63) is 82.9 Å². The average Bonchev–Trinajstić information content (AvgIpc) is 2.84. The first kappa shape index (κ1) is 25.1. The predicted octanol–water partition coefficient (Wildman–Crippen LogP) is 6.43. The Hall–Kier alpha value is -3.99. The highest BCUT2D eigenvalue weighted by atomic mass is 35.5. The van der Waals surface area contributed by atoms with Crippen LogP contribution in [0.5, 0.6) is 11.5 Å². The van der Waals surface area contributed by atoms with E-state index in [0.717, 1.165) is 0 Å². The van der Waals surface area contributed by atoms with Crippen LogP contribution in [0.25, 0.3) is 10.8 Å². The number of nitrogens with zero attached hydrogens (tertiary/aromatic N) is 2. The van der Waals surface area contributed by atoms with Crippen molar-refractivity contribution in [2.75, 3.05) is 12.4 Å². The smallest absolute Gasteiger partial charge is 0.298 e. The molecule has 0 aliphatic heterocycles. The van der Waals surface area contributed by atoms with E-state index < -0.39 is 26.7 Å². The van der Waals surface area contributed by atoms with Crippen LogP contribution in [0.4, 0.5) is 17.1 Å². The summed E-state index contributed by atoms with van der Waals surface area (Å²) in [5.74, 6) is -0.539. The first-order valence-corrected chi connectivity index (χ1v) is 12.3. The lowest BCUT2D eigenvalue weighted by atomic mass is 10.0. The van der Waals surface area contributed by atoms with E-state index in [1.807, 2.05) is 0 Å². The molecule has 0 spiro atoms. The lowest BCUT2D eigenvalue weighted by molar-refractivity contribution is 0.102. The van der Waals surface area contributed by atoms with Gasteiger partial charge in [0, 0.05) is 17.1 Å². The molecule has 0 unspecified atom stereocenters. The van der Waals surface area contributed by atoms with Crippen LogP contribution in [0.3, 0.4) is 0 Å². The van der Waals surface area contributed by atoms with Crippen molar-refractivity contribution < 1.29 is 27.6 Å². The van der Waals surface area contributed by atoms with Crippen molar-refractivity contribution in [1.29, 1.82) is 0 Å². The molecule has 184 valence electrons. The Balaban J connectivity index is 1.85. The van der Waals surface area contributed by atoms with Gasteiger partial charge >= 0.3 is 0 Å². The van der Waals surface area contributed by atoms with Crippen molar-refractivity contribution in [3.8, 4) is 11.5 Å². The van der Waals surface area contributed by atoms with Gasteiger partial charge in [-0.25, -0.2) is 0 Å². The number of carbonyl (C=O) groups excluding carboxylic acids is 1. The second-order valence-corrected chi connectivity index (χ2v) is 9.51. The zero-order valence-corrected chi connectivity index (χ0v) is 20.6.